The van der Waals surface area contributed by atoms with Gasteiger partial charge in [0.05, 0.1) is 34.1 Å². The Balaban J connectivity index is 1.63. The summed E-state index contributed by atoms with van der Waals surface area (Å²) in [6.07, 6.45) is 9.91. The molecule has 0 fully saturated rings. The molecule has 0 atom stereocenters. The predicted molar refractivity (Wildman–Crippen MR) is 107 cm³/mol. The molecule has 25 heavy (non-hydrogen) atoms. The molecule has 0 saturated heterocycles. The van der Waals surface area contributed by atoms with Gasteiger partial charge in [-0.05, 0) is 28.0 Å². The Morgan fingerprint density at radius 2 is 1.48 bits per heavy atom. The van der Waals surface area contributed by atoms with Crippen molar-refractivity contribution >= 4 is 22.9 Å². The van der Waals surface area contributed by atoms with Gasteiger partial charge in [0.1, 0.15) is 0 Å². The number of hydrogen-bond donors (Lipinski definition) is 0. The van der Waals surface area contributed by atoms with Gasteiger partial charge in [0, 0.05) is 12.1 Å². The number of aromatic nitrogens is 1. The van der Waals surface area contributed by atoms with Crippen LogP contribution in [0.1, 0.15) is 17.5 Å². The van der Waals surface area contributed by atoms with Gasteiger partial charge in [-0.15, -0.1) is 0 Å². The summed E-state index contributed by atoms with van der Waals surface area (Å²) in [5.74, 6) is 0. The standard InChI is InChI=1S/C23H28N2/c1-25(2,3)18-6-15-24-16-13-20(14-17-24)9-10-21-11-12-22-7-4-5-8-23(22)19-21/h4-5,7-14,16-17,19H,6,15,18H2,1-3H3/q+2/b10-9+. The maximum absolute atomic E-state index is 2.27. The number of aryl methyl sites for hydroxylation is 1. The fourth-order valence-corrected chi connectivity index (χ4v) is 2.96. The largest absolute Gasteiger partial charge is 0.331 e. The Labute approximate surface area is 151 Å². The monoisotopic (exact) mass is 332 g/mol. The zero-order chi connectivity index (χ0) is 17.7. The third kappa shape index (κ3) is 5.27. The molecule has 0 amide bonds. The van der Waals surface area contributed by atoms with E-state index in [0.717, 1.165) is 11.0 Å². The van der Waals surface area contributed by atoms with Crippen molar-refractivity contribution in [3.63, 3.8) is 0 Å². The molecule has 3 aromatic rings. The fourth-order valence-electron chi connectivity index (χ4n) is 2.96. The third-order valence-corrected chi connectivity index (χ3v) is 4.40. The summed E-state index contributed by atoms with van der Waals surface area (Å²) in [6, 6.07) is 19.4. The van der Waals surface area contributed by atoms with Crippen molar-refractivity contribution in [2.24, 2.45) is 0 Å². The van der Waals surface area contributed by atoms with Gasteiger partial charge in [0.2, 0.25) is 0 Å². The van der Waals surface area contributed by atoms with E-state index in [1.165, 1.54) is 34.9 Å². The van der Waals surface area contributed by atoms with E-state index in [9.17, 15) is 0 Å². The lowest BCUT2D eigenvalue weighted by molar-refractivity contribution is -0.873. The highest BCUT2D eigenvalue weighted by atomic mass is 15.3. The van der Waals surface area contributed by atoms with E-state index in [4.69, 9.17) is 0 Å². The van der Waals surface area contributed by atoms with Gasteiger partial charge in [0.25, 0.3) is 0 Å². The van der Waals surface area contributed by atoms with Gasteiger partial charge in [-0.25, -0.2) is 4.57 Å². The number of nitrogens with zero attached hydrogens (tertiary/aromatic N) is 2. The van der Waals surface area contributed by atoms with E-state index in [1.54, 1.807) is 0 Å². The smallest absolute Gasteiger partial charge is 0.169 e. The number of fused-ring (bicyclic) bond motifs is 1. The highest BCUT2D eigenvalue weighted by Gasteiger charge is 2.08. The Bertz CT molecular complexity index is 855. The predicted octanol–water partition coefficient (Wildman–Crippen LogP) is 4.39. The topological polar surface area (TPSA) is 3.88 Å². The first-order valence-electron chi connectivity index (χ1n) is 8.96. The fraction of sp³-hybridized carbons (Fsp3) is 0.261. The highest BCUT2D eigenvalue weighted by Crippen LogP contribution is 2.17. The molecule has 0 bridgehead atoms. The van der Waals surface area contributed by atoms with Crippen LogP contribution < -0.4 is 4.57 Å². The minimum Gasteiger partial charge on any atom is -0.331 e. The molecule has 1 aromatic heterocycles. The second-order valence-electron chi connectivity index (χ2n) is 7.68. The summed E-state index contributed by atoms with van der Waals surface area (Å²) in [6.45, 7) is 2.26. The average molecular weight is 332 g/mol. The van der Waals surface area contributed by atoms with Crippen molar-refractivity contribution in [3.05, 3.63) is 78.1 Å². The molecule has 2 heteroatoms. The molecular formula is C23H28N2+2. The summed E-state index contributed by atoms with van der Waals surface area (Å²) < 4.78 is 3.29. The summed E-state index contributed by atoms with van der Waals surface area (Å²) in [5, 5.41) is 2.57. The maximum atomic E-state index is 2.27. The van der Waals surface area contributed by atoms with Gasteiger partial charge in [-0.3, -0.25) is 0 Å². The van der Waals surface area contributed by atoms with Crippen LogP contribution in [0.4, 0.5) is 0 Å². The first-order valence-corrected chi connectivity index (χ1v) is 8.96. The zero-order valence-corrected chi connectivity index (χ0v) is 15.5. The van der Waals surface area contributed by atoms with Crippen molar-refractivity contribution in [2.75, 3.05) is 27.7 Å². The van der Waals surface area contributed by atoms with Crippen LogP contribution in [-0.4, -0.2) is 32.2 Å². The Kier molecular flexibility index (Phi) is 5.30. The van der Waals surface area contributed by atoms with Gasteiger partial charge < -0.3 is 4.48 Å². The SMILES string of the molecule is C[N+](C)(C)CCC[n+]1ccc(/C=C/c2ccc3ccccc3c2)cc1. The van der Waals surface area contributed by atoms with Crippen LogP contribution >= 0.6 is 0 Å². The molecule has 0 aliphatic carbocycles. The molecule has 0 radical (unpaired) electrons. The molecule has 0 saturated carbocycles. The van der Waals surface area contributed by atoms with E-state index >= 15 is 0 Å². The number of quaternary nitrogens is 1. The Morgan fingerprint density at radius 1 is 0.800 bits per heavy atom. The lowest BCUT2D eigenvalue weighted by Gasteiger charge is -2.22. The van der Waals surface area contributed by atoms with Crippen molar-refractivity contribution in [2.45, 2.75) is 13.0 Å². The molecule has 3 rings (SSSR count). The minimum absolute atomic E-state index is 1.02. The van der Waals surface area contributed by atoms with E-state index in [-0.39, 0.29) is 0 Å². The third-order valence-electron chi connectivity index (χ3n) is 4.40. The quantitative estimate of drug-likeness (QED) is 0.465. The minimum atomic E-state index is 1.02. The van der Waals surface area contributed by atoms with Crippen LogP contribution in [0.3, 0.4) is 0 Å². The van der Waals surface area contributed by atoms with E-state index in [1.807, 2.05) is 0 Å². The molecule has 0 aliphatic rings. The zero-order valence-electron chi connectivity index (χ0n) is 15.5. The molecule has 0 unspecified atom stereocenters. The lowest BCUT2D eigenvalue weighted by Crippen LogP contribution is -2.39. The molecule has 2 nitrogen and oxygen atoms in total. The van der Waals surface area contributed by atoms with Gasteiger partial charge >= 0.3 is 0 Å². The molecule has 0 aliphatic heterocycles. The van der Waals surface area contributed by atoms with Gasteiger partial charge in [0.15, 0.2) is 18.9 Å². The van der Waals surface area contributed by atoms with Crippen molar-refractivity contribution in [1.82, 2.24) is 0 Å². The number of pyridine rings is 1. The van der Waals surface area contributed by atoms with Crippen LogP contribution in [0.2, 0.25) is 0 Å². The maximum Gasteiger partial charge on any atom is 0.169 e. The lowest BCUT2D eigenvalue weighted by atomic mass is 10.1. The van der Waals surface area contributed by atoms with Crippen molar-refractivity contribution in [3.8, 4) is 0 Å². The van der Waals surface area contributed by atoms with Crippen LogP contribution in [0.5, 0.6) is 0 Å². The molecule has 1 heterocycles. The van der Waals surface area contributed by atoms with E-state index < -0.39 is 0 Å². The number of benzene rings is 2. The van der Waals surface area contributed by atoms with Crippen LogP contribution in [0, 0.1) is 0 Å². The summed E-state index contributed by atoms with van der Waals surface area (Å²) in [7, 11) is 6.72. The number of hydrogen-bond acceptors (Lipinski definition) is 0. The average Bonchev–Trinajstić information content (AvgIpc) is 2.60. The molecule has 128 valence electrons. The summed E-state index contributed by atoms with van der Waals surface area (Å²) in [5.41, 5.74) is 2.47. The Morgan fingerprint density at radius 3 is 2.20 bits per heavy atom. The van der Waals surface area contributed by atoms with Gasteiger partial charge in [-0.1, -0.05) is 48.6 Å². The molecular weight excluding hydrogens is 304 g/mol. The normalized spacial score (nSPS) is 12.1. The van der Waals surface area contributed by atoms with E-state index in [0.29, 0.717) is 0 Å². The van der Waals surface area contributed by atoms with Gasteiger partial charge in [-0.2, -0.15) is 0 Å². The molecule has 0 spiro atoms. The molecule has 2 aromatic carbocycles. The van der Waals surface area contributed by atoms with Crippen molar-refractivity contribution < 1.29 is 9.05 Å². The van der Waals surface area contributed by atoms with Crippen LogP contribution in [0.25, 0.3) is 22.9 Å². The van der Waals surface area contributed by atoms with Crippen LogP contribution in [0.15, 0.2) is 67.0 Å². The second kappa shape index (κ2) is 7.62. The summed E-state index contributed by atoms with van der Waals surface area (Å²) >= 11 is 0. The van der Waals surface area contributed by atoms with Crippen LogP contribution in [-0.2, 0) is 6.54 Å². The van der Waals surface area contributed by atoms with E-state index in [2.05, 4.69) is 105 Å². The molecule has 0 N–H and O–H groups in total. The second-order valence-corrected chi connectivity index (χ2v) is 7.68. The Hall–Kier alpha value is -2.45. The first-order chi connectivity index (χ1) is 12.0. The highest BCUT2D eigenvalue weighted by molar-refractivity contribution is 5.85. The first kappa shape index (κ1) is 17.4. The summed E-state index contributed by atoms with van der Waals surface area (Å²) in [4.78, 5) is 0. The van der Waals surface area contributed by atoms with Crippen molar-refractivity contribution in [1.29, 1.82) is 0 Å². The number of rotatable bonds is 6.